The minimum Gasteiger partial charge on any atom is -0.449 e. The zero-order chi connectivity index (χ0) is 26.7. The Labute approximate surface area is 234 Å². The number of fused-ring (bicyclic) bond motifs is 5. The second-order valence-electron chi connectivity index (χ2n) is 10.6. The van der Waals surface area contributed by atoms with Crippen LogP contribution in [0.25, 0.3) is 22.3 Å². The lowest BCUT2D eigenvalue weighted by Crippen LogP contribution is -2.28. The van der Waals surface area contributed by atoms with Crippen LogP contribution in [0.2, 0.25) is 0 Å². The standard InChI is InChI=1S/C38H26O2/c1-25-19-21-26(22-20-25)29-16-10-18-34-37(29)40-36-24-33-31(23-35(36)39-34)30-15-8-9-17-32(30)38(33,27-11-4-2-5-12-27)28-13-6-3-7-14-28/h2-24H,1H3. The number of benzene rings is 6. The summed E-state index contributed by atoms with van der Waals surface area (Å²) in [5.74, 6) is 2.95. The van der Waals surface area contributed by atoms with Crippen LogP contribution in [0.5, 0.6) is 23.0 Å². The summed E-state index contributed by atoms with van der Waals surface area (Å²) < 4.78 is 13.3. The smallest absolute Gasteiger partial charge is 0.177 e. The highest BCUT2D eigenvalue weighted by atomic mass is 16.6. The number of aryl methyl sites for hydroxylation is 1. The van der Waals surface area contributed by atoms with Crippen LogP contribution in [0.3, 0.4) is 0 Å². The molecule has 0 unspecified atom stereocenters. The van der Waals surface area contributed by atoms with Crippen molar-refractivity contribution in [3.63, 3.8) is 0 Å². The van der Waals surface area contributed by atoms with Gasteiger partial charge in [-0.25, -0.2) is 0 Å². The van der Waals surface area contributed by atoms with Gasteiger partial charge in [0.2, 0.25) is 0 Å². The molecule has 2 nitrogen and oxygen atoms in total. The highest BCUT2D eigenvalue weighted by Gasteiger charge is 2.47. The van der Waals surface area contributed by atoms with Crippen LogP contribution in [-0.2, 0) is 5.41 Å². The number of para-hydroxylation sites is 1. The number of ether oxygens (including phenoxy) is 2. The van der Waals surface area contributed by atoms with Gasteiger partial charge in [0.05, 0.1) is 5.41 Å². The van der Waals surface area contributed by atoms with Crippen molar-refractivity contribution in [3.05, 3.63) is 167 Å². The molecule has 1 aliphatic heterocycles. The van der Waals surface area contributed by atoms with E-state index < -0.39 is 5.41 Å². The van der Waals surface area contributed by atoms with Gasteiger partial charge in [0.15, 0.2) is 23.0 Å². The van der Waals surface area contributed by atoms with Gasteiger partial charge in [-0.05, 0) is 64.1 Å². The fourth-order valence-corrected chi connectivity index (χ4v) is 6.50. The summed E-state index contributed by atoms with van der Waals surface area (Å²) in [6, 6.07) is 49.4. The first-order valence-electron chi connectivity index (χ1n) is 13.7. The molecule has 190 valence electrons. The zero-order valence-corrected chi connectivity index (χ0v) is 22.1. The Morgan fingerprint density at radius 3 is 1.80 bits per heavy atom. The van der Waals surface area contributed by atoms with Crippen molar-refractivity contribution in [2.45, 2.75) is 12.3 Å². The predicted molar refractivity (Wildman–Crippen MR) is 161 cm³/mol. The summed E-state index contributed by atoms with van der Waals surface area (Å²) in [6.45, 7) is 2.10. The van der Waals surface area contributed by atoms with E-state index in [0.717, 1.165) is 34.1 Å². The van der Waals surface area contributed by atoms with Gasteiger partial charge in [-0.2, -0.15) is 0 Å². The summed E-state index contributed by atoms with van der Waals surface area (Å²) >= 11 is 0. The highest BCUT2D eigenvalue weighted by molar-refractivity contribution is 5.88. The van der Waals surface area contributed by atoms with Crippen LogP contribution in [0.1, 0.15) is 27.8 Å². The highest BCUT2D eigenvalue weighted by Crippen LogP contribution is 2.60. The monoisotopic (exact) mass is 514 g/mol. The van der Waals surface area contributed by atoms with Gasteiger partial charge >= 0.3 is 0 Å². The van der Waals surface area contributed by atoms with E-state index in [1.165, 1.54) is 38.9 Å². The summed E-state index contributed by atoms with van der Waals surface area (Å²) in [4.78, 5) is 0. The molecule has 1 aliphatic carbocycles. The summed E-state index contributed by atoms with van der Waals surface area (Å²) in [5.41, 5.74) is 10.2. The molecular weight excluding hydrogens is 488 g/mol. The lowest BCUT2D eigenvalue weighted by molar-refractivity contribution is 0.360. The van der Waals surface area contributed by atoms with Gasteiger partial charge in [0, 0.05) is 5.56 Å². The molecule has 2 aliphatic rings. The minimum atomic E-state index is -0.483. The first-order chi connectivity index (χ1) is 19.7. The van der Waals surface area contributed by atoms with E-state index in [2.05, 4.69) is 134 Å². The molecule has 0 saturated heterocycles. The van der Waals surface area contributed by atoms with Gasteiger partial charge in [-0.3, -0.25) is 0 Å². The summed E-state index contributed by atoms with van der Waals surface area (Å²) in [7, 11) is 0. The van der Waals surface area contributed by atoms with E-state index in [1.807, 2.05) is 12.1 Å². The minimum absolute atomic E-state index is 0.483. The largest absolute Gasteiger partial charge is 0.449 e. The van der Waals surface area contributed by atoms with Crippen LogP contribution in [-0.4, -0.2) is 0 Å². The van der Waals surface area contributed by atoms with Gasteiger partial charge in [0.1, 0.15) is 0 Å². The van der Waals surface area contributed by atoms with Gasteiger partial charge in [-0.1, -0.05) is 127 Å². The van der Waals surface area contributed by atoms with Crippen molar-refractivity contribution in [1.82, 2.24) is 0 Å². The van der Waals surface area contributed by atoms with Crippen LogP contribution in [0.4, 0.5) is 0 Å². The van der Waals surface area contributed by atoms with Crippen molar-refractivity contribution < 1.29 is 9.47 Å². The Balaban J connectivity index is 1.37. The van der Waals surface area contributed by atoms with Crippen LogP contribution in [0, 0.1) is 6.92 Å². The maximum absolute atomic E-state index is 6.76. The molecule has 0 aromatic heterocycles. The molecule has 0 bridgehead atoms. The van der Waals surface area contributed by atoms with E-state index >= 15 is 0 Å². The molecule has 6 aromatic rings. The van der Waals surface area contributed by atoms with Gasteiger partial charge in [0.25, 0.3) is 0 Å². The molecule has 8 rings (SSSR count). The lowest BCUT2D eigenvalue weighted by atomic mass is 9.67. The average Bonchev–Trinajstić information content (AvgIpc) is 3.30. The first kappa shape index (κ1) is 22.9. The SMILES string of the molecule is Cc1ccc(-c2cccc3c2Oc2cc4c(cc2O3)-c2ccccc2C4(c2ccccc2)c2ccccc2)cc1. The average molecular weight is 515 g/mol. The number of hydrogen-bond donors (Lipinski definition) is 0. The quantitative estimate of drug-likeness (QED) is 0.234. The fraction of sp³-hybridized carbons (Fsp3) is 0.0526. The van der Waals surface area contributed by atoms with E-state index in [1.54, 1.807) is 0 Å². The molecule has 0 radical (unpaired) electrons. The summed E-state index contributed by atoms with van der Waals surface area (Å²) in [5, 5.41) is 0. The third kappa shape index (κ3) is 3.23. The second kappa shape index (κ2) is 8.72. The van der Waals surface area contributed by atoms with Crippen LogP contribution in [0.15, 0.2) is 140 Å². The molecular formula is C38H26O2. The van der Waals surface area contributed by atoms with Gasteiger partial charge in [-0.15, -0.1) is 0 Å². The first-order valence-corrected chi connectivity index (χ1v) is 13.7. The number of rotatable bonds is 3. The molecule has 0 amide bonds. The molecule has 0 spiro atoms. The number of hydrogen-bond acceptors (Lipinski definition) is 2. The van der Waals surface area contributed by atoms with E-state index in [9.17, 15) is 0 Å². The Bertz CT molecular complexity index is 1850. The van der Waals surface area contributed by atoms with E-state index in [-0.39, 0.29) is 0 Å². The molecule has 40 heavy (non-hydrogen) atoms. The molecule has 6 aromatic carbocycles. The Kier molecular flexibility index (Phi) is 4.99. The molecule has 0 saturated carbocycles. The van der Waals surface area contributed by atoms with Crippen molar-refractivity contribution in [3.8, 4) is 45.3 Å². The maximum Gasteiger partial charge on any atom is 0.177 e. The lowest BCUT2D eigenvalue weighted by Gasteiger charge is -2.34. The second-order valence-corrected chi connectivity index (χ2v) is 10.6. The predicted octanol–water partition coefficient (Wildman–Crippen LogP) is 9.92. The van der Waals surface area contributed by atoms with Crippen LogP contribution < -0.4 is 9.47 Å². The van der Waals surface area contributed by atoms with Crippen molar-refractivity contribution in [2.75, 3.05) is 0 Å². The zero-order valence-electron chi connectivity index (χ0n) is 22.1. The Hall–Kier alpha value is -5.08. The van der Waals surface area contributed by atoms with Crippen molar-refractivity contribution >= 4 is 0 Å². The van der Waals surface area contributed by atoms with Crippen molar-refractivity contribution in [2.24, 2.45) is 0 Å². The molecule has 0 atom stereocenters. The Morgan fingerprint density at radius 1 is 0.450 bits per heavy atom. The third-order valence-electron chi connectivity index (χ3n) is 8.30. The normalized spacial score (nSPS) is 13.7. The summed E-state index contributed by atoms with van der Waals surface area (Å²) in [6.07, 6.45) is 0. The molecule has 2 heteroatoms. The van der Waals surface area contributed by atoms with E-state index in [4.69, 9.17) is 9.47 Å². The van der Waals surface area contributed by atoms with E-state index in [0.29, 0.717) is 0 Å². The van der Waals surface area contributed by atoms with Crippen molar-refractivity contribution in [1.29, 1.82) is 0 Å². The molecule has 0 fully saturated rings. The molecule has 0 N–H and O–H groups in total. The third-order valence-corrected chi connectivity index (χ3v) is 8.30. The Morgan fingerprint density at radius 2 is 1.07 bits per heavy atom. The maximum atomic E-state index is 6.76. The topological polar surface area (TPSA) is 18.5 Å². The fourth-order valence-electron chi connectivity index (χ4n) is 6.50. The molecule has 1 heterocycles. The van der Waals surface area contributed by atoms with Gasteiger partial charge < -0.3 is 9.47 Å². The van der Waals surface area contributed by atoms with Crippen LogP contribution >= 0.6 is 0 Å².